The summed E-state index contributed by atoms with van der Waals surface area (Å²) in [5, 5.41) is 10.6. The van der Waals surface area contributed by atoms with Gasteiger partial charge in [0.1, 0.15) is 0 Å². The quantitative estimate of drug-likeness (QED) is 0.508. The van der Waals surface area contributed by atoms with E-state index in [-0.39, 0.29) is 11.5 Å². The summed E-state index contributed by atoms with van der Waals surface area (Å²) in [6, 6.07) is 16.7. The number of hydrogen-bond acceptors (Lipinski definition) is 2. The molecule has 29 heavy (non-hydrogen) atoms. The Morgan fingerprint density at radius 2 is 1.48 bits per heavy atom. The zero-order valence-electron chi connectivity index (χ0n) is 14.9. The predicted octanol–water partition coefficient (Wildman–Crippen LogP) is 6.35. The first-order valence-corrected chi connectivity index (χ1v) is 9.90. The second-order valence-electron chi connectivity index (χ2n) is 6.66. The van der Waals surface area contributed by atoms with Gasteiger partial charge in [-0.2, -0.15) is 0 Å². The molecule has 0 saturated heterocycles. The van der Waals surface area contributed by atoms with Crippen LogP contribution in [-0.2, 0) is 11.2 Å². The monoisotopic (exact) mass is 445 g/mol. The number of fused-ring (bicyclic) bond motifs is 1. The average Bonchev–Trinajstić information content (AvgIpc) is 2.97. The van der Waals surface area contributed by atoms with Gasteiger partial charge in [-0.1, -0.05) is 46.9 Å². The van der Waals surface area contributed by atoms with Crippen molar-refractivity contribution in [3.8, 4) is 0 Å². The third-order valence-corrected chi connectivity index (χ3v) is 6.02. The van der Waals surface area contributed by atoms with Crippen LogP contribution in [0.3, 0.4) is 0 Å². The summed E-state index contributed by atoms with van der Waals surface area (Å²) < 4.78 is 0. The third-order valence-electron chi connectivity index (χ3n) is 4.98. The number of aromatic carboxylic acids is 1. The number of anilines is 2. The van der Waals surface area contributed by atoms with Crippen molar-refractivity contribution in [1.82, 2.24) is 0 Å². The lowest BCUT2D eigenvalue weighted by Crippen LogP contribution is -2.25. The molecule has 4 rings (SSSR count). The molecular weight excluding hydrogens is 433 g/mol. The first kappa shape index (κ1) is 19.8. The molecule has 1 atom stereocenters. The molecule has 1 aliphatic heterocycles. The maximum atomic E-state index is 13.4. The second-order valence-corrected chi connectivity index (χ2v) is 7.88. The van der Waals surface area contributed by atoms with Gasteiger partial charge in [0.15, 0.2) is 0 Å². The van der Waals surface area contributed by atoms with Gasteiger partial charge in [0.25, 0.3) is 0 Å². The number of carbonyl (C=O) groups excluding carboxylic acids is 1. The summed E-state index contributed by atoms with van der Waals surface area (Å²) in [4.78, 5) is 26.1. The van der Waals surface area contributed by atoms with Crippen LogP contribution in [0.25, 0.3) is 0 Å². The van der Waals surface area contributed by atoms with E-state index in [1.807, 2.05) is 6.07 Å². The Morgan fingerprint density at radius 3 is 2.10 bits per heavy atom. The Bertz CT molecular complexity index is 1110. The minimum atomic E-state index is -1.03. The second kappa shape index (κ2) is 7.71. The lowest BCUT2D eigenvalue weighted by molar-refractivity contribution is -0.118. The van der Waals surface area contributed by atoms with E-state index in [0.29, 0.717) is 44.0 Å². The molecule has 1 unspecified atom stereocenters. The number of carbonyl (C=O) groups is 2. The smallest absolute Gasteiger partial charge is 0.335 e. The number of halogens is 3. The number of amides is 1. The number of hydrogen-bond donors (Lipinski definition) is 1. The highest BCUT2D eigenvalue weighted by Gasteiger charge is 2.40. The fraction of sp³-hybridized carbons (Fsp3) is 0.0909. The van der Waals surface area contributed by atoms with Gasteiger partial charge in [-0.15, -0.1) is 0 Å². The molecule has 7 heteroatoms. The largest absolute Gasteiger partial charge is 0.478 e. The molecule has 0 spiro atoms. The van der Waals surface area contributed by atoms with Gasteiger partial charge in [0.05, 0.1) is 17.2 Å². The molecule has 3 aromatic rings. The van der Waals surface area contributed by atoms with Gasteiger partial charge in [0.2, 0.25) is 5.91 Å². The van der Waals surface area contributed by atoms with Crippen LogP contribution in [0.15, 0.2) is 60.7 Å². The molecule has 4 nitrogen and oxygen atoms in total. The average molecular weight is 447 g/mol. The standard InChI is InChI=1S/C22H14Cl3NO3/c23-16-3-1-4-17(24)14(16)11-15-20-18(25)5-2-6-19(20)26(21(15)27)13-9-7-12(8-10-13)22(28)29/h1-10,15H,11H2,(H,28,29). The van der Waals surface area contributed by atoms with E-state index in [1.165, 1.54) is 12.1 Å². The SMILES string of the molecule is O=C(O)c1ccc(N2C(=O)C(Cc3c(Cl)cccc3Cl)c3c(Cl)cccc32)cc1. The fourth-order valence-electron chi connectivity index (χ4n) is 3.60. The van der Waals surface area contributed by atoms with Gasteiger partial charge in [-0.3, -0.25) is 9.69 Å². The van der Waals surface area contributed by atoms with Crippen LogP contribution in [0, 0.1) is 0 Å². The molecule has 1 amide bonds. The van der Waals surface area contributed by atoms with Gasteiger partial charge >= 0.3 is 5.97 Å². The van der Waals surface area contributed by atoms with Crippen LogP contribution in [0.2, 0.25) is 15.1 Å². The van der Waals surface area contributed by atoms with Gasteiger partial charge < -0.3 is 5.11 Å². The number of benzene rings is 3. The van der Waals surface area contributed by atoms with Crippen molar-refractivity contribution in [2.24, 2.45) is 0 Å². The Labute approximate surface area is 182 Å². The highest BCUT2D eigenvalue weighted by atomic mass is 35.5. The highest BCUT2D eigenvalue weighted by molar-refractivity contribution is 6.36. The Morgan fingerprint density at radius 1 is 0.897 bits per heavy atom. The maximum Gasteiger partial charge on any atom is 0.335 e. The molecule has 0 aliphatic carbocycles. The van der Waals surface area contributed by atoms with Crippen molar-refractivity contribution in [2.45, 2.75) is 12.3 Å². The molecule has 0 radical (unpaired) electrons. The predicted molar refractivity (Wildman–Crippen MR) is 115 cm³/mol. The van der Waals surface area contributed by atoms with E-state index >= 15 is 0 Å². The first-order chi connectivity index (χ1) is 13.9. The van der Waals surface area contributed by atoms with Crippen LogP contribution in [0.5, 0.6) is 0 Å². The summed E-state index contributed by atoms with van der Waals surface area (Å²) in [6.07, 6.45) is 0.303. The number of carboxylic acid groups (broad SMARTS) is 1. The van der Waals surface area contributed by atoms with E-state index in [2.05, 4.69) is 0 Å². The Kier molecular flexibility index (Phi) is 5.26. The van der Waals surface area contributed by atoms with E-state index < -0.39 is 11.9 Å². The molecule has 0 saturated carbocycles. The zero-order chi connectivity index (χ0) is 20.7. The number of rotatable bonds is 4. The zero-order valence-corrected chi connectivity index (χ0v) is 17.2. The molecule has 3 aromatic carbocycles. The van der Waals surface area contributed by atoms with E-state index in [9.17, 15) is 9.59 Å². The van der Waals surface area contributed by atoms with Gasteiger partial charge in [-0.05, 0) is 60.5 Å². The Hall–Kier alpha value is -2.53. The van der Waals surface area contributed by atoms with Crippen molar-refractivity contribution in [3.63, 3.8) is 0 Å². The maximum absolute atomic E-state index is 13.4. The molecule has 1 heterocycles. The summed E-state index contributed by atoms with van der Waals surface area (Å²) in [5.74, 6) is -1.76. The lowest BCUT2D eigenvalue weighted by atomic mass is 9.93. The molecular formula is C22H14Cl3NO3. The van der Waals surface area contributed by atoms with Gasteiger partial charge in [-0.25, -0.2) is 4.79 Å². The minimum absolute atomic E-state index is 0.145. The van der Waals surface area contributed by atoms with Crippen LogP contribution in [0.1, 0.15) is 27.4 Å². The van der Waals surface area contributed by atoms with E-state index in [4.69, 9.17) is 39.9 Å². The summed E-state index contributed by atoms with van der Waals surface area (Å²) in [7, 11) is 0. The number of nitrogens with zero attached hydrogens (tertiary/aromatic N) is 1. The summed E-state index contributed by atoms with van der Waals surface area (Å²) >= 11 is 19.1. The fourth-order valence-corrected chi connectivity index (χ4v) is 4.46. The van der Waals surface area contributed by atoms with Crippen LogP contribution in [0.4, 0.5) is 11.4 Å². The van der Waals surface area contributed by atoms with Crippen molar-refractivity contribution in [2.75, 3.05) is 4.90 Å². The van der Waals surface area contributed by atoms with Crippen LogP contribution >= 0.6 is 34.8 Å². The highest BCUT2D eigenvalue weighted by Crippen LogP contribution is 2.47. The Balaban J connectivity index is 1.79. The van der Waals surface area contributed by atoms with Crippen LogP contribution in [-0.4, -0.2) is 17.0 Å². The first-order valence-electron chi connectivity index (χ1n) is 8.77. The lowest BCUT2D eigenvalue weighted by Gasteiger charge is -2.18. The normalized spacial score (nSPS) is 15.5. The van der Waals surface area contributed by atoms with Gasteiger partial charge in [0, 0.05) is 26.3 Å². The minimum Gasteiger partial charge on any atom is -0.478 e. The molecule has 146 valence electrons. The summed E-state index contributed by atoms with van der Waals surface area (Å²) in [5.41, 5.74) is 2.77. The van der Waals surface area contributed by atoms with E-state index in [0.717, 1.165) is 0 Å². The summed E-state index contributed by atoms with van der Waals surface area (Å²) in [6.45, 7) is 0. The molecule has 1 aliphatic rings. The van der Waals surface area contributed by atoms with Crippen molar-refractivity contribution < 1.29 is 14.7 Å². The number of carboxylic acids is 1. The molecule has 1 N–H and O–H groups in total. The molecule has 0 bridgehead atoms. The van der Waals surface area contributed by atoms with Crippen LogP contribution < -0.4 is 4.90 Å². The van der Waals surface area contributed by atoms with Crippen molar-refractivity contribution >= 4 is 58.1 Å². The van der Waals surface area contributed by atoms with Crippen molar-refractivity contribution in [3.05, 3.63) is 92.4 Å². The molecule has 0 fully saturated rings. The van der Waals surface area contributed by atoms with Crippen molar-refractivity contribution in [1.29, 1.82) is 0 Å². The molecule has 0 aromatic heterocycles. The third kappa shape index (κ3) is 3.48. The topological polar surface area (TPSA) is 57.6 Å². The van der Waals surface area contributed by atoms with E-state index in [1.54, 1.807) is 47.4 Å².